The molecule has 0 aliphatic carbocycles. The van der Waals surface area contributed by atoms with Gasteiger partial charge in [-0.3, -0.25) is 4.79 Å². The molecule has 1 saturated heterocycles. The van der Waals surface area contributed by atoms with Crippen LogP contribution in [-0.2, 0) is 6.42 Å². The molecule has 0 unspecified atom stereocenters. The van der Waals surface area contributed by atoms with Crippen LogP contribution in [0.15, 0.2) is 42.7 Å². The largest absolute Gasteiger partial charge is 0.476 e. The molecule has 2 aromatic rings. The van der Waals surface area contributed by atoms with Gasteiger partial charge >= 0.3 is 5.97 Å². The summed E-state index contributed by atoms with van der Waals surface area (Å²) in [6.45, 7) is 1.39. The molecule has 1 N–H and O–H groups in total. The van der Waals surface area contributed by atoms with Crippen molar-refractivity contribution in [2.24, 2.45) is 5.92 Å². The van der Waals surface area contributed by atoms with Crippen LogP contribution in [0.3, 0.4) is 0 Å². The number of carbonyl (C=O) groups excluding carboxylic acids is 1. The molecule has 0 atom stereocenters. The number of nitrogens with zero attached hydrogens (tertiary/aromatic N) is 3. The number of carboxylic acid groups (broad SMARTS) is 1. The minimum atomic E-state index is -1.15. The summed E-state index contributed by atoms with van der Waals surface area (Å²) >= 11 is 0. The summed E-state index contributed by atoms with van der Waals surface area (Å²) in [6.07, 6.45) is 5.32. The smallest absolute Gasteiger partial charge is 0.356 e. The van der Waals surface area contributed by atoms with Gasteiger partial charge in [-0.15, -0.1) is 0 Å². The van der Waals surface area contributed by atoms with Gasteiger partial charge in [0.2, 0.25) is 0 Å². The van der Waals surface area contributed by atoms with Gasteiger partial charge in [-0.05, 0) is 30.7 Å². The summed E-state index contributed by atoms with van der Waals surface area (Å²) < 4.78 is 0. The first-order chi connectivity index (χ1) is 11.6. The first-order valence-corrected chi connectivity index (χ1v) is 8.02. The second-order valence-corrected chi connectivity index (χ2v) is 6.02. The molecule has 1 aromatic carbocycles. The number of rotatable bonds is 4. The van der Waals surface area contributed by atoms with Gasteiger partial charge in [-0.1, -0.05) is 30.3 Å². The molecule has 1 aliphatic heterocycles. The molecule has 2 heterocycles. The van der Waals surface area contributed by atoms with Crippen LogP contribution < -0.4 is 0 Å². The van der Waals surface area contributed by atoms with E-state index in [-0.39, 0.29) is 17.3 Å². The van der Waals surface area contributed by atoms with Crippen molar-refractivity contribution in [3.05, 3.63) is 59.7 Å². The van der Waals surface area contributed by atoms with E-state index in [1.165, 1.54) is 11.8 Å². The average molecular weight is 325 g/mol. The molecule has 24 heavy (non-hydrogen) atoms. The van der Waals surface area contributed by atoms with Crippen molar-refractivity contribution in [1.82, 2.24) is 14.9 Å². The van der Waals surface area contributed by atoms with Crippen LogP contribution in [0.5, 0.6) is 0 Å². The predicted octanol–water partition coefficient (Wildman–Crippen LogP) is 2.27. The first-order valence-electron chi connectivity index (χ1n) is 8.02. The van der Waals surface area contributed by atoms with Gasteiger partial charge in [0.1, 0.15) is 5.69 Å². The monoisotopic (exact) mass is 325 g/mol. The van der Waals surface area contributed by atoms with Crippen LogP contribution in [0.1, 0.15) is 39.4 Å². The molecule has 1 amide bonds. The Bertz CT molecular complexity index is 708. The number of hydrogen-bond donors (Lipinski definition) is 1. The Morgan fingerprint density at radius 3 is 2.25 bits per heavy atom. The Morgan fingerprint density at radius 1 is 1.04 bits per heavy atom. The van der Waals surface area contributed by atoms with Gasteiger partial charge in [0.25, 0.3) is 5.91 Å². The number of carbonyl (C=O) groups is 2. The normalized spacial score (nSPS) is 15.2. The Hall–Kier alpha value is -2.76. The van der Waals surface area contributed by atoms with Gasteiger partial charge < -0.3 is 10.0 Å². The van der Waals surface area contributed by atoms with E-state index >= 15 is 0 Å². The molecule has 1 fully saturated rings. The molecule has 0 radical (unpaired) electrons. The third-order valence-corrected chi connectivity index (χ3v) is 4.36. The van der Waals surface area contributed by atoms with E-state index in [1.54, 1.807) is 4.90 Å². The minimum Gasteiger partial charge on any atom is -0.476 e. The summed E-state index contributed by atoms with van der Waals surface area (Å²) in [7, 11) is 0. The summed E-state index contributed by atoms with van der Waals surface area (Å²) in [4.78, 5) is 32.6. The summed E-state index contributed by atoms with van der Waals surface area (Å²) in [5.74, 6) is -0.752. The van der Waals surface area contributed by atoms with Crippen LogP contribution in [-0.4, -0.2) is 44.9 Å². The predicted molar refractivity (Wildman–Crippen MR) is 87.8 cm³/mol. The molecule has 0 bridgehead atoms. The molecule has 6 nitrogen and oxygen atoms in total. The number of carboxylic acids is 1. The minimum absolute atomic E-state index is 0.159. The van der Waals surface area contributed by atoms with Crippen molar-refractivity contribution in [3.63, 3.8) is 0 Å². The molecule has 0 spiro atoms. The van der Waals surface area contributed by atoms with E-state index in [0.29, 0.717) is 19.0 Å². The number of aromatic nitrogens is 2. The maximum Gasteiger partial charge on any atom is 0.356 e. The van der Waals surface area contributed by atoms with Gasteiger partial charge in [0, 0.05) is 13.1 Å². The number of benzene rings is 1. The van der Waals surface area contributed by atoms with E-state index in [9.17, 15) is 9.59 Å². The van der Waals surface area contributed by atoms with E-state index < -0.39 is 5.97 Å². The maximum absolute atomic E-state index is 12.4. The first kappa shape index (κ1) is 16.1. The van der Waals surface area contributed by atoms with Crippen LogP contribution in [0.4, 0.5) is 0 Å². The number of amides is 1. The van der Waals surface area contributed by atoms with E-state index in [0.717, 1.165) is 25.5 Å². The second-order valence-electron chi connectivity index (χ2n) is 6.02. The topological polar surface area (TPSA) is 83.4 Å². The molecule has 124 valence electrons. The van der Waals surface area contributed by atoms with Crippen molar-refractivity contribution in [3.8, 4) is 0 Å². The average Bonchev–Trinajstić information content (AvgIpc) is 2.63. The third-order valence-electron chi connectivity index (χ3n) is 4.36. The van der Waals surface area contributed by atoms with Crippen molar-refractivity contribution >= 4 is 11.9 Å². The van der Waals surface area contributed by atoms with Crippen molar-refractivity contribution in [2.75, 3.05) is 13.1 Å². The van der Waals surface area contributed by atoms with Crippen molar-refractivity contribution in [2.45, 2.75) is 19.3 Å². The highest BCUT2D eigenvalue weighted by atomic mass is 16.4. The zero-order chi connectivity index (χ0) is 16.9. The second kappa shape index (κ2) is 7.21. The molecule has 0 saturated carbocycles. The summed E-state index contributed by atoms with van der Waals surface area (Å²) in [5.41, 5.74) is 1.37. The Kier molecular flexibility index (Phi) is 4.84. The molecular weight excluding hydrogens is 306 g/mol. The Labute approximate surface area is 140 Å². The highest BCUT2D eigenvalue weighted by Crippen LogP contribution is 2.22. The van der Waals surface area contributed by atoms with Gasteiger partial charge in [0.05, 0.1) is 12.4 Å². The maximum atomic E-state index is 12.4. The number of aromatic carboxylic acids is 1. The highest BCUT2D eigenvalue weighted by molar-refractivity contribution is 5.92. The fourth-order valence-corrected chi connectivity index (χ4v) is 3.00. The lowest BCUT2D eigenvalue weighted by atomic mass is 9.90. The number of hydrogen-bond acceptors (Lipinski definition) is 4. The van der Waals surface area contributed by atoms with Crippen molar-refractivity contribution < 1.29 is 14.7 Å². The van der Waals surface area contributed by atoms with Gasteiger partial charge in [-0.2, -0.15) is 0 Å². The quantitative estimate of drug-likeness (QED) is 0.932. The standard InChI is InChI=1S/C18H19N3O3/c22-17(15-11-20-16(12-19-15)18(23)24)21-8-6-14(7-9-21)10-13-4-2-1-3-5-13/h1-5,11-12,14H,6-10H2,(H,23,24). The van der Waals surface area contributed by atoms with Crippen LogP contribution in [0.25, 0.3) is 0 Å². The lowest BCUT2D eigenvalue weighted by Crippen LogP contribution is -2.39. The fourth-order valence-electron chi connectivity index (χ4n) is 3.00. The Balaban J connectivity index is 1.56. The van der Waals surface area contributed by atoms with Gasteiger partial charge in [0.15, 0.2) is 5.69 Å². The molecule has 6 heteroatoms. The number of likely N-dealkylation sites (tertiary alicyclic amines) is 1. The van der Waals surface area contributed by atoms with E-state index in [4.69, 9.17) is 5.11 Å². The van der Waals surface area contributed by atoms with E-state index in [2.05, 4.69) is 22.1 Å². The SMILES string of the molecule is O=C(O)c1cnc(C(=O)N2CCC(Cc3ccccc3)CC2)cn1. The summed E-state index contributed by atoms with van der Waals surface area (Å²) in [5, 5.41) is 8.82. The molecular formula is C18H19N3O3. The van der Waals surface area contributed by atoms with Crippen LogP contribution in [0.2, 0.25) is 0 Å². The zero-order valence-corrected chi connectivity index (χ0v) is 13.3. The highest BCUT2D eigenvalue weighted by Gasteiger charge is 2.24. The lowest BCUT2D eigenvalue weighted by Gasteiger charge is -2.31. The van der Waals surface area contributed by atoms with E-state index in [1.807, 2.05) is 18.2 Å². The molecule has 1 aromatic heterocycles. The fraction of sp³-hybridized carbons (Fsp3) is 0.333. The number of piperidine rings is 1. The van der Waals surface area contributed by atoms with Crippen molar-refractivity contribution in [1.29, 1.82) is 0 Å². The third kappa shape index (κ3) is 3.76. The molecule has 3 rings (SSSR count). The van der Waals surface area contributed by atoms with Gasteiger partial charge in [-0.25, -0.2) is 14.8 Å². The van der Waals surface area contributed by atoms with Crippen LogP contribution in [0, 0.1) is 5.92 Å². The lowest BCUT2D eigenvalue weighted by molar-refractivity contribution is 0.0669. The van der Waals surface area contributed by atoms with Crippen LogP contribution >= 0.6 is 0 Å². The Morgan fingerprint density at radius 2 is 1.67 bits per heavy atom. The molecule has 1 aliphatic rings. The zero-order valence-electron chi connectivity index (χ0n) is 13.3. The summed E-state index contributed by atoms with van der Waals surface area (Å²) in [6, 6.07) is 10.4.